The number of hydrogen-bond donors (Lipinski definition) is 3. The van der Waals surface area contributed by atoms with Crippen LogP contribution in [0.3, 0.4) is 0 Å². The van der Waals surface area contributed by atoms with Gasteiger partial charge in [0.15, 0.2) is 12.2 Å². The molecule has 0 bridgehead atoms. The molecule has 1 heterocycles. The molecular formula is C12H18N4O7. The topological polar surface area (TPSA) is 160 Å². The predicted octanol–water partition coefficient (Wildman–Crippen LogP) is -3.20. The molecule has 1 aliphatic rings. The Morgan fingerprint density at radius 2 is 2.00 bits per heavy atom. The lowest BCUT2D eigenvalue weighted by Crippen LogP contribution is -2.55. The molecule has 0 aliphatic carbocycles. The van der Waals surface area contributed by atoms with Gasteiger partial charge in [0.05, 0.1) is 6.61 Å². The van der Waals surface area contributed by atoms with Gasteiger partial charge in [0, 0.05) is 0 Å². The van der Waals surface area contributed by atoms with E-state index < -0.39 is 48.5 Å². The minimum Gasteiger partial charge on any atom is -0.464 e. The second kappa shape index (κ2) is 8.08. The molecule has 0 aromatic rings. The second-order valence-corrected chi connectivity index (χ2v) is 4.60. The van der Waals surface area contributed by atoms with Crippen molar-refractivity contribution in [1.82, 2.24) is 15.8 Å². The van der Waals surface area contributed by atoms with E-state index in [0.717, 1.165) is 0 Å². The van der Waals surface area contributed by atoms with E-state index in [1.807, 2.05) is 0 Å². The molecular weight excluding hydrogens is 312 g/mol. The maximum atomic E-state index is 12.2. The summed E-state index contributed by atoms with van der Waals surface area (Å²) in [6.45, 7) is 2.47. The first-order valence-electron chi connectivity index (χ1n) is 6.73. The van der Waals surface area contributed by atoms with Gasteiger partial charge < -0.3 is 20.5 Å². The van der Waals surface area contributed by atoms with E-state index in [2.05, 4.69) is 10.7 Å². The molecule has 1 rings (SSSR count). The molecule has 3 atom stereocenters. The zero-order valence-corrected chi connectivity index (χ0v) is 12.6. The van der Waals surface area contributed by atoms with Crippen molar-refractivity contribution in [1.29, 1.82) is 0 Å². The number of esters is 1. The summed E-state index contributed by atoms with van der Waals surface area (Å²) in [6.07, 6.45) is -1.94. The van der Waals surface area contributed by atoms with E-state index in [1.54, 1.807) is 6.92 Å². The van der Waals surface area contributed by atoms with Crippen molar-refractivity contribution in [3.05, 3.63) is 0 Å². The van der Waals surface area contributed by atoms with Crippen LogP contribution < -0.4 is 16.5 Å². The van der Waals surface area contributed by atoms with E-state index in [1.165, 1.54) is 6.92 Å². The van der Waals surface area contributed by atoms with Crippen LogP contribution in [0, 0.1) is 0 Å². The van der Waals surface area contributed by atoms with Crippen LogP contribution in [0.5, 0.6) is 0 Å². The molecule has 4 N–H and O–H groups in total. The van der Waals surface area contributed by atoms with E-state index in [0.29, 0.717) is 11.4 Å². The third-order valence-electron chi connectivity index (χ3n) is 2.79. The van der Waals surface area contributed by atoms with Crippen LogP contribution >= 0.6 is 0 Å². The standard InChI is InChI=1S/C12H18N4O7/c1-3-22-12(21)9-8(23-9)11(20)16(4-7(13)18)15-10(19)6(2)14-5-17/h5-6,8-9H,3-4H2,1-2H3,(H2,13,18)(H,14,17)(H,15,19). The molecule has 0 aromatic carbocycles. The summed E-state index contributed by atoms with van der Waals surface area (Å²) in [4.78, 5) is 56.7. The third kappa shape index (κ3) is 5.21. The summed E-state index contributed by atoms with van der Waals surface area (Å²) < 4.78 is 9.60. The van der Waals surface area contributed by atoms with Crippen molar-refractivity contribution < 1.29 is 33.4 Å². The van der Waals surface area contributed by atoms with Crippen LogP contribution in [0.1, 0.15) is 13.8 Å². The van der Waals surface area contributed by atoms with Crippen LogP contribution in [0.15, 0.2) is 0 Å². The minimum absolute atomic E-state index is 0.121. The lowest BCUT2D eigenvalue weighted by atomic mass is 10.3. The first-order chi connectivity index (χ1) is 10.8. The van der Waals surface area contributed by atoms with Crippen LogP contribution in [0.25, 0.3) is 0 Å². The van der Waals surface area contributed by atoms with E-state index >= 15 is 0 Å². The number of hydrogen-bond acceptors (Lipinski definition) is 7. The number of nitrogens with one attached hydrogen (secondary N) is 2. The first kappa shape index (κ1) is 18.4. The van der Waals surface area contributed by atoms with Crippen molar-refractivity contribution in [2.45, 2.75) is 32.1 Å². The summed E-state index contributed by atoms with van der Waals surface area (Å²) in [5, 5.41) is 2.82. The Bertz CT molecular complexity index is 510. The highest BCUT2D eigenvalue weighted by Gasteiger charge is 2.53. The molecule has 1 aliphatic heterocycles. The average Bonchev–Trinajstić information content (AvgIpc) is 3.26. The molecule has 128 valence electrons. The number of amides is 4. The highest BCUT2D eigenvalue weighted by molar-refractivity contribution is 5.96. The molecule has 0 saturated carbocycles. The van der Waals surface area contributed by atoms with E-state index in [-0.39, 0.29) is 6.61 Å². The van der Waals surface area contributed by atoms with Crippen LogP contribution in [-0.4, -0.2) is 66.5 Å². The van der Waals surface area contributed by atoms with Crippen LogP contribution in [-0.2, 0) is 33.4 Å². The lowest BCUT2D eigenvalue weighted by Gasteiger charge is -2.23. The highest BCUT2D eigenvalue weighted by atomic mass is 16.6. The Hall–Kier alpha value is -2.69. The number of nitrogens with two attached hydrogens (primary N) is 1. The molecule has 11 heteroatoms. The van der Waals surface area contributed by atoms with Gasteiger partial charge in [-0.1, -0.05) is 0 Å². The number of nitrogens with zero attached hydrogens (tertiary/aromatic N) is 1. The normalized spacial score (nSPS) is 19.9. The molecule has 0 aromatic heterocycles. The summed E-state index contributed by atoms with van der Waals surface area (Å²) >= 11 is 0. The minimum atomic E-state index is -1.16. The van der Waals surface area contributed by atoms with Gasteiger partial charge in [-0.3, -0.25) is 24.6 Å². The third-order valence-corrected chi connectivity index (χ3v) is 2.79. The molecule has 1 saturated heterocycles. The van der Waals surface area contributed by atoms with E-state index in [4.69, 9.17) is 15.2 Å². The van der Waals surface area contributed by atoms with Crippen molar-refractivity contribution in [3.8, 4) is 0 Å². The summed E-state index contributed by atoms with van der Waals surface area (Å²) in [6, 6.07) is -0.948. The zero-order valence-electron chi connectivity index (χ0n) is 12.6. The molecule has 4 amide bonds. The van der Waals surface area contributed by atoms with Gasteiger partial charge in [0.25, 0.3) is 11.8 Å². The molecule has 23 heavy (non-hydrogen) atoms. The number of ether oxygens (including phenoxy) is 2. The van der Waals surface area contributed by atoms with Gasteiger partial charge in [0.2, 0.25) is 12.3 Å². The first-order valence-corrected chi connectivity index (χ1v) is 6.73. The monoisotopic (exact) mass is 330 g/mol. The molecule has 1 fully saturated rings. The second-order valence-electron chi connectivity index (χ2n) is 4.60. The van der Waals surface area contributed by atoms with Gasteiger partial charge in [-0.15, -0.1) is 0 Å². The van der Waals surface area contributed by atoms with Gasteiger partial charge >= 0.3 is 5.97 Å². The Balaban J connectivity index is 2.69. The maximum Gasteiger partial charge on any atom is 0.338 e. The predicted molar refractivity (Wildman–Crippen MR) is 73.0 cm³/mol. The summed E-state index contributed by atoms with van der Waals surface area (Å²) in [5.41, 5.74) is 7.15. The smallest absolute Gasteiger partial charge is 0.338 e. The SMILES string of the molecule is CCOC(=O)C1OC1C(=O)N(CC(N)=O)NC(=O)C(C)NC=O. The summed E-state index contributed by atoms with van der Waals surface area (Å²) in [7, 11) is 0. The maximum absolute atomic E-state index is 12.2. The molecule has 3 unspecified atom stereocenters. The fraction of sp³-hybridized carbons (Fsp3) is 0.583. The lowest BCUT2D eigenvalue weighted by molar-refractivity contribution is -0.146. The summed E-state index contributed by atoms with van der Waals surface area (Å²) in [5.74, 6) is -3.18. The Morgan fingerprint density at radius 1 is 1.35 bits per heavy atom. The van der Waals surface area contributed by atoms with Crippen molar-refractivity contribution >= 4 is 30.1 Å². The van der Waals surface area contributed by atoms with Crippen molar-refractivity contribution in [2.75, 3.05) is 13.2 Å². The quantitative estimate of drug-likeness (QED) is 0.183. The Labute approximate surface area is 131 Å². The molecule has 11 nitrogen and oxygen atoms in total. The van der Waals surface area contributed by atoms with E-state index in [9.17, 15) is 24.0 Å². The number of primary amides is 1. The van der Waals surface area contributed by atoms with Gasteiger partial charge in [0.1, 0.15) is 12.6 Å². The Kier molecular flexibility index (Phi) is 6.45. The Morgan fingerprint density at radius 3 is 2.52 bits per heavy atom. The fourth-order valence-corrected chi connectivity index (χ4v) is 1.59. The molecule has 0 spiro atoms. The molecule has 0 radical (unpaired) electrons. The highest BCUT2D eigenvalue weighted by Crippen LogP contribution is 2.25. The van der Waals surface area contributed by atoms with Gasteiger partial charge in [-0.2, -0.15) is 0 Å². The number of carbonyl (C=O) groups excluding carboxylic acids is 5. The largest absolute Gasteiger partial charge is 0.464 e. The van der Waals surface area contributed by atoms with Gasteiger partial charge in [-0.05, 0) is 13.8 Å². The average molecular weight is 330 g/mol. The fourth-order valence-electron chi connectivity index (χ4n) is 1.59. The van der Waals surface area contributed by atoms with Crippen molar-refractivity contribution in [3.63, 3.8) is 0 Å². The number of epoxide rings is 1. The van der Waals surface area contributed by atoms with Crippen molar-refractivity contribution in [2.24, 2.45) is 5.73 Å². The number of rotatable bonds is 8. The number of carbonyl (C=O) groups is 5. The van der Waals surface area contributed by atoms with Crippen LogP contribution in [0.2, 0.25) is 0 Å². The van der Waals surface area contributed by atoms with Gasteiger partial charge in [-0.25, -0.2) is 9.80 Å². The zero-order chi connectivity index (χ0) is 17.6. The number of hydrazine groups is 1. The van der Waals surface area contributed by atoms with Crippen LogP contribution in [0.4, 0.5) is 0 Å².